The van der Waals surface area contributed by atoms with Gasteiger partial charge in [0.15, 0.2) is 0 Å². The maximum absolute atomic E-state index is 12.0. The molecule has 0 bridgehead atoms. The van der Waals surface area contributed by atoms with Gasteiger partial charge in [-0.15, -0.1) is 0 Å². The van der Waals surface area contributed by atoms with Crippen LogP contribution in [0.15, 0.2) is 30.3 Å². The van der Waals surface area contributed by atoms with Crippen molar-refractivity contribution in [3.8, 4) is 0 Å². The molecule has 0 heterocycles. The molecule has 0 radical (unpaired) electrons. The molecule has 1 rings (SSSR count). The minimum atomic E-state index is -1.00. The van der Waals surface area contributed by atoms with E-state index < -0.39 is 23.8 Å². The summed E-state index contributed by atoms with van der Waals surface area (Å²) in [4.78, 5) is 23.6. The van der Waals surface area contributed by atoms with Crippen LogP contribution >= 0.6 is 0 Å². The smallest absolute Gasteiger partial charge is 0.309 e. The van der Waals surface area contributed by atoms with E-state index in [2.05, 4.69) is 0 Å². The number of hydrogen-bond acceptors (Lipinski definition) is 5. The van der Waals surface area contributed by atoms with Crippen molar-refractivity contribution in [1.29, 1.82) is 0 Å². The largest absolute Gasteiger partial charge is 0.481 e. The monoisotopic (exact) mass is 338 g/mol. The Labute approximate surface area is 142 Å². The van der Waals surface area contributed by atoms with Crippen molar-refractivity contribution in [3.63, 3.8) is 0 Å². The average molecular weight is 338 g/mol. The molecule has 0 fully saturated rings. The van der Waals surface area contributed by atoms with E-state index in [9.17, 15) is 14.7 Å². The van der Waals surface area contributed by atoms with Crippen LogP contribution in [-0.2, 0) is 19.1 Å². The maximum atomic E-state index is 12.0. The van der Waals surface area contributed by atoms with Crippen LogP contribution in [0.5, 0.6) is 0 Å². The van der Waals surface area contributed by atoms with Gasteiger partial charge < -0.3 is 19.7 Å². The Morgan fingerprint density at radius 2 is 1.75 bits per heavy atom. The fraction of sp³-hybridized carbons (Fsp3) is 0.556. The molecule has 24 heavy (non-hydrogen) atoms. The van der Waals surface area contributed by atoms with E-state index in [1.165, 1.54) is 0 Å². The summed E-state index contributed by atoms with van der Waals surface area (Å²) in [5.41, 5.74) is 1.04. The number of carboxylic acid groups (broad SMARTS) is 1. The molecule has 6 heteroatoms. The van der Waals surface area contributed by atoms with Gasteiger partial charge in [0.25, 0.3) is 0 Å². The third-order valence-corrected chi connectivity index (χ3v) is 3.98. The number of carbonyl (C=O) groups is 2. The lowest BCUT2D eigenvalue weighted by Gasteiger charge is -2.22. The predicted octanol–water partition coefficient (Wildman–Crippen LogP) is 2.07. The highest BCUT2D eigenvalue weighted by atomic mass is 16.6. The molecule has 0 aromatic heterocycles. The highest BCUT2D eigenvalue weighted by Gasteiger charge is 2.32. The van der Waals surface area contributed by atoms with Gasteiger partial charge in [-0.3, -0.25) is 9.59 Å². The number of benzene rings is 1. The van der Waals surface area contributed by atoms with Gasteiger partial charge in [0.05, 0.1) is 31.7 Å². The van der Waals surface area contributed by atoms with Gasteiger partial charge in [-0.2, -0.15) is 0 Å². The highest BCUT2D eigenvalue weighted by Crippen LogP contribution is 2.28. The van der Waals surface area contributed by atoms with Gasteiger partial charge in [-0.25, -0.2) is 0 Å². The number of aliphatic hydroxyl groups excluding tert-OH is 1. The first-order valence-corrected chi connectivity index (χ1v) is 8.10. The van der Waals surface area contributed by atoms with Gasteiger partial charge in [0.2, 0.25) is 0 Å². The minimum absolute atomic E-state index is 0.0236. The third kappa shape index (κ3) is 6.68. The van der Waals surface area contributed by atoms with Crippen molar-refractivity contribution in [2.75, 3.05) is 26.4 Å². The summed E-state index contributed by atoms with van der Waals surface area (Å²) in [7, 11) is 0. The van der Waals surface area contributed by atoms with Crippen molar-refractivity contribution >= 4 is 11.9 Å². The Hall–Kier alpha value is -1.92. The number of hydrogen-bond donors (Lipinski definition) is 2. The molecule has 0 saturated heterocycles. The summed E-state index contributed by atoms with van der Waals surface area (Å²) in [5, 5.41) is 18.0. The summed E-state index contributed by atoms with van der Waals surface area (Å²) in [6.45, 7) is 3.84. The van der Waals surface area contributed by atoms with Gasteiger partial charge in [-0.1, -0.05) is 44.2 Å². The SMILES string of the molecule is CC(CC(C(=O)O)C(C)C(=O)OCCOCCO)c1ccccc1. The minimum Gasteiger partial charge on any atom is -0.481 e. The Kier molecular flexibility index (Phi) is 9.04. The molecule has 1 aromatic rings. The molecule has 0 saturated carbocycles. The van der Waals surface area contributed by atoms with Crippen LogP contribution in [0.4, 0.5) is 0 Å². The van der Waals surface area contributed by atoms with E-state index in [0.717, 1.165) is 5.56 Å². The zero-order valence-electron chi connectivity index (χ0n) is 14.2. The lowest BCUT2D eigenvalue weighted by molar-refractivity contribution is -0.158. The molecular weight excluding hydrogens is 312 g/mol. The first-order valence-electron chi connectivity index (χ1n) is 8.10. The second-order valence-electron chi connectivity index (χ2n) is 5.78. The second kappa shape index (κ2) is 10.8. The first-order chi connectivity index (χ1) is 11.5. The van der Waals surface area contributed by atoms with Crippen molar-refractivity contribution in [1.82, 2.24) is 0 Å². The zero-order chi connectivity index (χ0) is 17.9. The van der Waals surface area contributed by atoms with Crippen LogP contribution in [0.25, 0.3) is 0 Å². The fourth-order valence-corrected chi connectivity index (χ4v) is 2.48. The van der Waals surface area contributed by atoms with E-state index in [4.69, 9.17) is 14.6 Å². The van der Waals surface area contributed by atoms with Crippen molar-refractivity contribution in [2.45, 2.75) is 26.2 Å². The van der Waals surface area contributed by atoms with Gasteiger partial charge in [0.1, 0.15) is 6.61 Å². The van der Waals surface area contributed by atoms with Gasteiger partial charge in [0, 0.05) is 0 Å². The number of aliphatic hydroxyl groups is 1. The summed E-state index contributed by atoms with van der Waals surface area (Å²) in [6.07, 6.45) is 0.358. The van der Waals surface area contributed by atoms with Crippen molar-refractivity contribution in [2.24, 2.45) is 11.8 Å². The lowest BCUT2D eigenvalue weighted by Crippen LogP contribution is -2.31. The van der Waals surface area contributed by atoms with Crippen molar-refractivity contribution in [3.05, 3.63) is 35.9 Å². The number of ether oxygens (including phenoxy) is 2. The Bertz CT molecular complexity index is 501. The van der Waals surface area contributed by atoms with Gasteiger partial charge in [-0.05, 0) is 17.9 Å². The molecule has 0 spiro atoms. The molecule has 134 valence electrons. The Balaban J connectivity index is 2.56. The standard InChI is InChI=1S/C18H26O6/c1-13(15-6-4-3-5-7-15)12-16(17(20)21)14(2)18(22)24-11-10-23-9-8-19/h3-7,13-14,16,19H,8-12H2,1-2H3,(H,20,21). The average Bonchev–Trinajstić information content (AvgIpc) is 2.59. The normalized spacial score (nSPS) is 14.6. The fourth-order valence-electron chi connectivity index (χ4n) is 2.48. The maximum Gasteiger partial charge on any atom is 0.309 e. The number of rotatable bonds is 11. The zero-order valence-corrected chi connectivity index (χ0v) is 14.2. The molecule has 6 nitrogen and oxygen atoms in total. The molecule has 2 N–H and O–H groups in total. The molecule has 0 aliphatic rings. The molecule has 3 atom stereocenters. The summed E-state index contributed by atoms with van der Waals surface area (Å²) in [5.74, 6) is -3.08. The number of carboxylic acids is 1. The summed E-state index contributed by atoms with van der Waals surface area (Å²) in [6, 6.07) is 9.62. The van der Waals surface area contributed by atoms with Crippen LogP contribution in [0.3, 0.4) is 0 Å². The van der Waals surface area contributed by atoms with Crippen LogP contribution in [0, 0.1) is 11.8 Å². The molecule has 1 aromatic carbocycles. The topological polar surface area (TPSA) is 93.1 Å². The van der Waals surface area contributed by atoms with Crippen LogP contribution in [0.1, 0.15) is 31.7 Å². The van der Waals surface area contributed by atoms with E-state index in [1.54, 1.807) is 6.92 Å². The van der Waals surface area contributed by atoms with Crippen LogP contribution in [-0.4, -0.2) is 48.6 Å². The van der Waals surface area contributed by atoms with Gasteiger partial charge >= 0.3 is 11.9 Å². The third-order valence-electron chi connectivity index (χ3n) is 3.98. The summed E-state index contributed by atoms with van der Waals surface area (Å²) < 4.78 is 10.1. The quantitative estimate of drug-likeness (QED) is 0.474. The Morgan fingerprint density at radius 1 is 1.08 bits per heavy atom. The van der Waals surface area contributed by atoms with Crippen LogP contribution in [0.2, 0.25) is 0 Å². The Morgan fingerprint density at radius 3 is 2.33 bits per heavy atom. The molecule has 0 aliphatic carbocycles. The highest BCUT2D eigenvalue weighted by molar-refractivity contribution is 5.80. The van der Waals surface area contributed by atoms with Crippen molar-refractivity contribution < 1.29 is 29.3 Å². The molecule has 0 aliphatic heterocycles. The number of carbonyl (C=O) groups excluding carboxylic acids is 1. The van der Waals surface area contributed by atoms with E-state index in [-0.39, 0.29) is 32.3 Å². The lowest BCUT2D eigenvalue weighted by atomic mass is 9.83. The van der Waals surface area contributed by atoms with Crippen LogP contribution < -0.4 is 0 Å². The van der Waals surface area contributed by atoms with E-state index in [0.29, 0.717) is 6.42 Å². The molecule has 3 unspecified atom stereocenters. The van der Waals surface area contributed by atoms with E-state index >= 15 is 0 Å². The summed E-state index contributed by atoms with van der Waals surface area (Å²) >= 11 is 0. The predicted molar refractivity (Wildman–Crippen MR) is 88.6 cm³/mol. The molecule has 0 amide bonds. The molecular formula is C18H26O6. The number of aliphatic carboxylic acids is 1. The van der Waals surface area contributed by atoms with E-state index in [1.807, 2.05) is 37.3 Å². The second-order valence-corrected chi connectivity index (χ2v) is 5.78. The number of esters is 1. The first kappa shape index (κ1) is 20.1.